The molecule has 1 heterocycles. The van der Waals surface area contributed by atoms with Gasteiger partial charge in [-0.1, -0.05) is 0 Å². The third-order valence-corrected chi connectivity index (χ3v) is 5.11. The van der Waals surface area contributed by atoms with Gasteiger partial charge in [0.05, 0.1) is 25.2 Å². The third-order valence-electron chi connectivity index (χ3n) is 3.25. The number of nitrogens with zero attached hydrogens (tertiary/aromatic N) is 2. The van der Waals surface area contributed by atoms with Crippen molar-refractivity contribution in [3.8, 4) is 0 Å². The first-order chi connectivity index (χ1) is 11.9. The van der Waals surface area contributed by atoms with Gasteiger partial charge in [0.15, 0.2) is 5.69 Å². The van der Waals surface area contributed by atoms with Crippen LogP contribution in [0.25, 0.3) is 0 Å². The van der Waals surface area contributed by atoms with E-state index >= 15 is 0 Å². The van der Waals surface area contributed by atoms with Crippen LogP contribution in [0.2, 0.25) is 0 Å². The lowest BCUT2D eigenvalue weighted by Crippen LogP contribution is -2.33. The van der Waals surface area contributed by atoms with Crippen LogP contribution in [-0.4, -0.2) is 51.0 Å². The molecule has 0 saturated carbocycles. The molecule has 136 valence electrons. The molecule has 0 aliphatic carbocycles. The molecule has 2 aromatic rings. The number of oxazole rings is 1. The highest BCUT2D eigenvalue weighted by molar-refractivity contribution is 7.89. The van der Waals surface area contributed by atoms with E-state index in [0.29, 0.717) is 0 Å². The van der Waals surface area contributed by atoms with Crippen molar-refractivity contribution in [2.24, 2.45) is 0 Å². The third kappa shape index (κ3) is 4.62. The summed E-state index contributed by atoms with van der Waals surface area (Å²) >= 11 is 0. The van der Waals surface area contributed by atoms with Crippen molar-refractivity contribution in [1.82, 2.24) is 9.29 Å². The van der Waals surface area contributed by atoms with Crippen molar-refractivity contribution in [2.45, 2.75) is 11.4 Å². The molecule has 0 aliphatic heterocycles. The Bertz CT molecular complexity index is 819. The van der Waals surface area contributed by atoms with Gasteiger partial charge in [-0.2, -0.15) is 4.31 Å². The predicted molar refractivity (Wildman–Crippen MR) is 83.7 cm³/mol. The lowest BCUT2D eigenvalue weighted by atomic mass is 10.4. The number of hydrogen-bond donors (Lipinski definition) is 0. The van der Waals surface area contributed by atoms with Gasteiger partial charge in [-0.15, -0.1) is 0 Å². The Balaban J connectivity index is 2.27. The number of esters is 1. The van der Waals surface area contributed by atoms with Gasteiger partial charge in [0.1, 0.15) is 12.1 Å². The maximum Gasteiger partial charge on any atom is 0.360 e. The molecule has 1 aromatic carbocycles. The fraction of sp³-hybridized carbons (Fsp3) is 0.333. The van der Waals surface area contributed by atoms with E-state index in [4.69, 9.17) is 9.15 Å². The molecule has 25 heavy (non-hydrogen) atoms. The number of benzene rings is 1. The first kappa shape index (κ1) is 19.0. The number of ether oxygens (including phenoxy) is 2. The molecule has 0 N–H and O–H groups in total. The lowest BCUT2D eigenvalue weighted by Gasteiger charge is -2.20. The Labute approximate surface area is 144 Å². The average molecular weight is 372 g/mol. The topological polar surface area (TPSA) is 98.9 Å². The first-order valence-corrected chi connectivity index (χ1v) is 8.60. The fourth-order valence-corrected chi connectivity index (χ4v) is 3.34. The van der Waals surface area contributed by atoms with Gasteiger partial charge in [0.2, 0.25) is 15.9 Å². The van der Waals surface area contributed by atoms with E-state index in [9.17, 15) is 17.6 Å². The second kappa shape index (κ2) is 8.19. The maximum absolute atomic E-state index is 13.0. The number of methoxy groups -OCH3 is 2. The van der Waals surface area contributed by atoms with Crippen LogP contribution in [0.5, 0.6) is 0 Å². The summed E-state index contributed by atoms with van der Waals surface area (Å²) in [6, 6.07) is 4.45. The standard InChI is InChI=1S/C15H17FN2O6S/c1-22-8-7-18(9-14-17-13(10-24-14)15(19)23-2)25(20,21)12-5-3-11(16)4-6-12/h3-6,10H,7-9H2,1-2H3. The van der Waals surface area contributed by atoms with E-state index in [-0.39, 0.29) is 36.2 Å². The van der Waals surface area contributed by atoms with Gasteiger partial charge in [-0.3, -0.25) is 0 Å². The normalized spacial score (nSPS) is 11.7. The Hall–Kier alpha value is -2.30. The van der Waals surface area contributed by atoms with E-state index < -0.39 is 21.8 Å². The summed E-state index contributed by atoms with van der Waals surface area (Å²) in [6.07, 6.45) is 1.08. The number of carbonyl (C=O) groups is 1. The minimum atomic E-state index is -3.93. The summed E-state index contributed by atoms with van der Waals surface area (Å²) in [5.74, 6) is -1.22. The van der Waals surface area contributed by atoms with E-state index in [1.54, 1.807) is 0 Å². The monoisotopic (exact) mass is 372 g/mol. The maximum atomic E-state index is 13.0. The zero-order chi connectivity index (χ0) is 18.4. The molecule has 0 saturated heterocycles. The summed E-state index contributed by atoms with van der Waals surface area (Å²) in [4.78, 5) is 15.2. The number of carbonyl (C=O) groups excluding carboxylic acids is 1. The number of aromatic nitrogens is 1. The molecule has 0 spiro atoms. The van der Waals surface area contributed by atoms with Crippen molar-refractivity contribution in [3.05, 3.63) is 47.9 Å². The lowest BCUT2D eigenvalue weighted by molar-refractivity contribution is 0.0594. The molecular weight excluding hydrogens is 355 g/mol. The second-order valence-electron chi connectivity index (χ2n) is 4.90. The van der Waals surface area contributed by atoms with Crippen LogP contribution in [0.1, 0.15) is 16.4 Å². The van der Waals surface area contributed by atoms with E-state index in [0.717, 1.165) is 22.7 Å². The van der Waals surface area contributed by atoms with Crippen LogP contribution in [-0.2, 0) is 26.0 Å². The Morgan fingerprint density at radius 3 is 2.56 bits per heavy atom. The molecule has 10 heteroatoms. The number of sulfonamides is 1. The van der Waals surface area contributed by atoms with Gasteiger partial charge >= 0.3 is 5.97 Å². The molecule has 0 amide bonds. The van der Waals surface area contributed by atoms with Crippen LogP contribution >= 0.6 is 0 Å². The zero-order valence-corrected chi connectivity index (χ0v) is 14.5. The second-order valence-corrected chi connectivity index (χ2v) is 6.84. The molecule has 2 rings (SSSR count). The fourth-order valence-electron chi connectivity index (χ4n) is 1.97. The van der Waals surface area contributed by atoms with Crippen LogP contribution in [0.4, 0.5) is 4.39 Å². The summed E-state index contributed by atoms with van der Waals surface area (Å²) < 4.78 is 54.2. The van der Waals surface area contributed by atoms with Gasteiger partial charge in [0.25, 0.3) is 0 Å². The SMILES string of the molecule is COCCN(Cc1nc(C(=O)OC)co1)S(=O)(=O)c1ccc(F)cc1. The van der Waals surface area contributed by atoms with Gasteiger partial charge in [-0.05, 0) is 24.3 Å². The highest BCUT2D eigenvalue weighted by Crippen LogP contribution is 2.19. The van der Waals surface area contributed by atoms with Crippen molar-refractivity contribution < 1.29 is 31.5 Å². The molecule has 8 nitrogen and oxygen atoms in total. The molecule has 0 radical (unpaired) electrons. The van der Waals surface area contributed by atoms with Crippen molar-refractivity contribution in [1.29, 1.82) is 0 Å². The minimum absolute atomic E-state index is 0.0159. The molecule has 1 aromatic heterocycles. The van der Waals surface area contributed by atoms with Gasteiger partial charge in [0, 0.05) is 13.7 Å². The van der Waals surface area contributed by atoms with Crippen LogP contribution in [0, 0.1) is 5.82 Å². The van der Waals surface area contributed by atoms with Gasteiger partial charge < -0.3 is 13.9 Å². The van der Waals surface area contributed by atoms with Gasteiger partial charge in [-0.25, -0.2) is 22.6 Å². The van der Waals surface area contributed by atoms with Crippen LogP contribution in [0.15, 0.2) is 39.8 Å². The smallest absolute Gasteiger partial charge is 0.360 e. The van der Waals surface area contributed by atoms with E-state index in [1.165, 1.54) is 26.4 Å². The summed E-state index contributed by atoms with van der Waals surface area (Å²) in [6.45, 7) is -0.0722. The van der Waals surface area contributed by atoms with Crippen LogP contribution < -0.4 is 0 Å². The highest BCUT2D eigenvalue weighted by atomic mass is 32.2. The molecule has 0 bridgehead atoms. The molecule has 0 aliphatic rings. The largest absolute Gasteiger partial charge is 0.464 e. The first-order valence-electron chi connectivity index (χ1n) is 7.16. The molecule has 0 atom stereocenters. The number of halogens is 1. The quantitative estimate of drug-likeness (QED) is 0.647. The van der Waals surface area contributed by atoms with Crippen molar-refractivity contribution >= 4 is 16.0 Å². The highest BCUT2D eigenvalue weighted by Gasteiger charge is 2.26. The Morgan fingerprint density at radius 2 is 1.96 bits per heavy atom. The molecule has 0 fully saturated rings. The van der Waals surface area contributed by atoms with Crippen molar-refractivity contribution in [2.75, 3.05) is 27.4 Å². The summed E-state index contributed by atoms with van der Waals surface area (Å²) in [5.41, 5.74) is -0.0663. The summed E-state index contributed by atoms with van der Waals surface area (Å²) in [7, 11) is -1.31. The molecular formula is C15H17FN2O6S. The Morgan fingerprint density at radius 1 is 1.28 bits per heavy atom. The Kier molecular flexibility index (Phi) is 6.23. The van der Waals surface area contributed by atoms with E-state index in [1.807, 2.05) is 0 Å². The minimum Gasteiger partial charge on any atom is -0.464 e. The number of rotatable bonds is 8. The zero-order valence-electron chi connectivity index (χ0n) is 13.6. The van der Waals surface area contributed by atoms with Crippen molar-refractivity contribution in [3.63, 3.8) is 0 Å². The van der Waals surface area contributed by atoms with E-state index in [2.05, 4.69) is 9.72 Å². The molecule has 0 unspecified atom stereocenters. The predicted octanol–water partition coefficient (Wildman–Crippen LogP) is 1.44. The average Bonchev–Trinajstić information content (AvgIpc) is 3.06. The van der Waals surface area contributed by atoms with Crippen LogP contribution in [0.3, 0.4) is 0 Å². The summed E-state index contributed by atoms with van der Waals surface area (Å²) in [5, 5.41) is 0. The number of hydrogen-bond acceptors (Lipinski definition) is 7.